The first-order valence-electron chi connectivity index (χ1n) is 6.42. The Kier molecular flexibility index (Phi) is 6.13. The average Bonchev–Trinajstić information content (AvgIpc) is 2.45. The van der Waals surface area contributed by atoms with E-state index in [4.69, 9.17) is 0 Å². The average molecular weight is 290 g/mol. The number of nitrogens with zero attached hydrogens (tertiary/aromatic N) is 1. The number of ether oxygens (including phenoxy) is 1. The minimum absolute atomic E-state index is 0.222. The highest BCUT2D eigenvalue weighted by Gasteiger charge is 2.13. The summed E-state index contributed by atoms with van der Waals surface area (Å²) in [5.41, 5.74) is 0.759. The van der Waals surface area contributed by atoms with E-state index in [1.54, 1.807) is 45.3 Å². The molecule has 0 saturated carbocycles. The second kappa shape index (κ2) is 7.84. The summed E-state index contributed by atoms with van der Waals surface area (Å²) in [6.45, 7) is 1.92. The summed E-state index contributed by atoms with van der Waals surface area (Å²) >= 11 is 0. The highest BCUT2D eigenvalue weighted by atomic mass is 16.5. The summed E-state index contributed by atoms with van der Waals surface area (Å²) in [6.07, 6.45) is 2.10. The summed E-state index contributed by atoms with van der Waals surface area (Å²) in [4.78, 5) is 36.2. The van der Waals surface area contributed by atoms with Crippen molar-refractivity contribution in [1.29, 1.82) is 0 Å². The molecule has 6 heteroatoms. The van der Waals surface area contributed by atoms with E-state index in [0.29, 0.717) is 11.3 Å². The van der Waals surface area contributed by atoms with Crippen molar-refractivity contribution in [2.75, 3.05) is 26.0 Å². The van der Waals surface area contributed by atoms with Gasteiger partial charge < -0.3 is 15.0 Å². The molecule has 0 fully saturated rings. The Bertz CT molecular complexity index is 565. The Morgan fingerprint density at radius 1 is 1.19 bits per heavy atom. The van der Waals surface area contributed by atoms with Gasteiger partial charge in [0, 0.05) is 26.2 Å². The third-order valence-electron chi connectivity index (χ3n) is 2.48. The smallest absolute Gasteiger partial charge is 0.330 e. The maximum Gasteiger partial charge on any atom is 0.330 e. The number of nitrogens with one attached hydrogen (secondary N) is 1. The predicted molar refractivity (Wildman–Crippen MR) is 78.9 cm³/mol. The molecule has 0 aliphatic heterocycles. The van der Waals surface area contributed by atoms with Crippen LogP contribution in [0, 0.1) is 0 Å². The minimum Gasteiger partial charge on any atom is -0.463 e. The van der Waals surface area contributed by atoms with Gasteiger partial charge in [0.25, 0.3) is 5.91 Å². The number of rotatable bonds is 5. The van der Waals surface area contributed by atoms with Gasteiger partial charge in [-0.1, -0.05) is 12.1 Å². The number of carbonyl (C=O) groups is 3. The fraction of sp³-hybridized carbons (Fsp3) is 0.267. The first-order chi connectivity index (χ1) is 9.95. The lowest BCUT2D eigenvalue weighted by atomic mass is 10.1. The lowest BCUT2D eigenvalue weighted by molar-refractivity contribution is -0.137. The van der Waals surface area contributed by atoms with E-state index in [2.05, 4.69) is 10.1 Å². The summed E-state index contributed by atoms with van der Waals surface area (Å²) in [5, 5.41) is 2.56. The van der Waals surface area contributed by atoms with Crippen LogP contribution in [-0.2, 0) is 14.3 Å². The van der Waals surface area contributed by atoms with E-state index in [1.807, 2.05) is 0 Å². The number of esters is 1. The Morgan fingerprint density at radius 3 is 2.48 bits per heavy atom. The molecule has 6 nitrogen and oxygen atoms in total. The molecule has 0 bridgehead atoms. The zero-order valence-electron chi connectivity index (χ0n) is 12.3. The molecule has 0 spiro atoms. The highest BCUT2D eigenvalue weighted by Crippen LogP contribution is 2.16. The van der Waals surface area contributed by atoms with Crippen LogP contribution in [0.5, 0.6) is 0 Å². The Balaban J connectivity index is 2.82. The molecule has 2 amide bonds. The number of hydrogen-bond donors (Lipinski definition) is 1. The van der Waals surface area contributed by atoms with Gasteiger partial charge in [0.1, 0.15) is 0 Å². The number of carbonyl (C=O) groups excluding carboxylic acids is 3. The molecule has 0 aliphatic carbocycles. The van der Waals surface area contributed by atoms with E-state index in [9.17, 15) is 14.4 Å². The number of hydrogen-bond acceptors (Lipinski definition) is 4. The molecule has 112 valence electrons. The molecule has 1 aromatic rings. The molecular weight excluding hydrogens is 272 g/mol. The van der Waals surface area contributed by atoms with E-state index >= 15 is 0 Å². The predicted octanol–water partition coefficient (Wildman–Crippen LogP) is 1.45. The monoisotopic (exact) mass is 290 g/mol. The number of benzene rings is 1. The van der Waals surface area contributed by atoms with Gasteiger partial charge in [-0.25, -0.2) is 4.79 Å². The van der Waals surface area contributed by atoms with E-state index in [0.717, 1.165) is 12.2 Å². The third kappa shape index (κ3) is 5.10. The van der Waals surface area contributed by atoms with Crippen molar-refractivity contribution in [3.63, 3.8) is 0 Å². The molecule has 21 heavy (non-hydrogen) atoms. The fourth-order valence-corrected chi connectivity index (χ4v) is 1.53. The zero-order chi connectivity index (χ0) is 15.8. The maximum atomic E-state index is 12.0. The van der Waals surface area contributed by atoms with Crippen LogP contribution in [0.4, 0.5) is 5.69 Å². The Morgan fingerprint density at radius 2 is 1.86 bits per heavy atom. The van der Waals surface area contributed by atoms with Crippen molar-refractivity contribution in [3.05, 3.63) is 42.0 Å². The molecule has 0 unspecified atom stereocenters. The van der Waals surface area contributed by atoms with Gasteiger partial charge in [0.2, 0.25) is 5.91 Å². The minimum atomic E-state index is -0.592. The van der Waals surface area contributed by atoms with Gasteiger partial charge in [0.15, 0.2) is 0 Å². The second-order valence-corrected chi connectivity index (χ2v) is 4.32. The summed E-state index contributed by atoms with van der Waals surface area (Å²) in [7, 11) is 3.25. The van der Waals surface area contributed by atoms with E-state index < -0.39 is 11.9 Å². The standard InChI is InChI=1S/C15H18N2O4/c1-4-21-14(19)10-9-13(18)16-12-8-6-5-7-11(12)15(20)17(2)3/h5-10H,4H2,1-3H3,(H,16,18)/b10-9+. The van der Waals surface area contributed by atoms with Crippen LogP contribution in [0.25, 0.3) is 0 Å². The fourth-order valence-electron chi connectivity index (χ4n) is 1.53. The van der Waals surface area contributed by atoms with Crippen LogP contribution in [0.1, 0.15) is 17.3 Å². The second-order valence-electron chi connectivity index (χ2n) is 4.32. The van der Waals surface area contributed by atoms with Crippen LogP contribution in [-0.4, -0.2) is 43.4 Å². The molecule has 1 rings (SSSR count). The number of para-hydroxylation sites is 1. The van der Waals surface area contributed by atoms with Crippen LogP contribution >= 0.6 is 0 Å². The topological polar surface area (TPSA) is 75.7 Å². The summed E-state index contributed by atoms with van der Waals surface area (Å²) < 4.78 is 4.67. The molecule has 0 saturated heterocycles. The maximum absolute atomic E-state index is 12.0. The van der Waals surface area contributed by atoms with E-state index in [1.165, 1.54) is 4.90 Å². The van der Waals surface area contributed by atoms with Crippen molar-refractivity contribution in [2.24, 2.45) is 0 Å². The van der Waals surface area contributed by atoms with Gasteiger partial charge >= 0.3 is 5.97 Å². The summed E-state index contributed by atoms with van der Waals surface area (Å²) in [6, 6.07) is 6.65. The van der Waals surface area contributed by atoms with Crippen LogP contribution in [0.15, 0.2) is 36.4 Å². The molecule has 1 aromatic carbocycles. The number of anilines is 1. The normalized spacial score (nSPS) is 10.2. The zero-order valence-corrected chi connectivity index (χ0v) is 12.3. The lowest BCUT2D eigenvalue weighted by Gasteiger charge is -2.14. The molecule has 0 atom stereocenters. The van der Waals surface area contributed by atoms with Crippen LogP contribution < -0.4 is 5.32 Å². The van der Waals surface area contributed by atoms with Gasteiger partial charge in [0.05, 0.1) is 17.9 Å². The molecule has 0 aromatic heterocycles. The lowest BCUT2D eigenvalue weighted by Crippen LogP contribution is -2.23. The first kappa shape index (κ1) is 16.4. The van der Waals surface area contributed by atoms with Gasteiger partial charge in [-0.3, -0.25) is 9.59 Å². The number of amides is 2. The molecule has 0 heterocycles. The Labute approximate surface area is 123 Å². The van der Waals surface area contributed by atoms with Crippen molar-refractivity contribution >= 4 is 23.5 Å². The first-order valence-corrected chi connectivity index (χ1v) is 6.42. The molecule has 1 N–H and O–H groups in total. The van der Waals surface area contributed by atoms with E-state index in [-0.39, 0.29) is 12.5 Å². The molecular formula is C15H18N2O4. The van der Waals surface area contributed by atoms with Crippen LogP contribution in [0.2, 0.25) is 0 Å². The van der Waals surface area contributed by atoms with Crippen LogP contribution in [0.3, 0.4) is 0 Å². The SMILES string of the molecule is CCOC(=O)/C=C/C(=O)Nc1ccccc1C(=O)N(C)C. The summed E-state index contributed by atoms with van der Waals surface area (Å²) in [5.74, 6) is -1.33. The Hall–Kier alpha value is -2.63. The van der Waals surface area contributed by atoms with Crippen molar-refractivity contribution in [3.8, 4) is 0 Å². The van der Waals surface area contributed by atoms with Crippen molar-refractivity contribution < 1.29 is 19.1 Å². The van der Waals surface area contributed by atoms with Crippen molar-refractivity contribution in [2.45, 2.75) is 6.92 Å². The third-order valence-corrected chi connectivity index (χ3v) is 2.48. The quantitative estimate of drug-likeness (QED) is 0.658. The van der Waals surface area contributed by atoms with Gasteiger partial charge in [-0.05, 0) is 19.1 Å². The molecule has 0 radical (unpaired) electrons. The van der Waals surface area contributed by atoms with Crippen molar-refractivity contribution in [1.82, 2.24) is 4.90 Å². The molecule has 0 aliphatic rings. The largest absolute Gasteiger partial charge is 0.463 e. The van der Waals surface area contributed by atoms with Gasteiger partial charge in [-0.15, -0.1) is 0 Å². The van der Waals surface area contributed by atoms with Gasteiger partial charge in [-0.2, -0.15) is 0 Å². The highest BCUT2D eigenvalue weighted by molar-refractivity contribution is 6.07.